The van der Waals surface area contributed by atoms with Gasteiger partial charge >= 0.3 is 0 Å². The molecule has 0 saturated carbocycles. The summed E-state index contributed by atoms with van der Waals surface area (Å²) in [5.41, 5.74) is 4.86. The third-order valence-corrected chi connectivity index (χ3v) is 6.05. The molecule has 2 aromatic rings. The van der Waals surface area contributed by atoms with E-state index >= 15 is 0 Å². The Kier molecular flexibility index (Phi) is 5.26. The van der Waals surface area contributed by atoms with Crippen LogP contribution < -0.4 is 5.32 Å². The number of hydrogen-bond donors (Lipinski definition) is 1. The Morgan fingerprint density at radius 2 is 1.96 bits per heavy atom. The highest BCUT2D eigenvalue weighted by molar-refractivity contribution is 5.88. The van der Waals surface area contributed by atoms with Crippen molar-refractivity contribution in [2.24, 2.45) is 0 Å². The first-order valence-corrected chi connectivity index (χ1v) is 9.97. The van der Waals surface area contributed by atoms with Crippen molar-refractivity contribution in [3.8, 4) is 0 Å². The smallest absolute Gasteiger partial charge is 0.221 e. The molecule has 1 aliphatic carbocycles. The highest BCUT2D eigenvalue weighted by Crippen LogP contribution is 2.37. The molecule has 1 fully saturated rings. The van der Waals surface area contributed by atoms with Crippen LogP contribution in [0.2, 0.25) is 0 Å². The summed E-state index contributed by atoms with van der Waals surface area (Å²) in [4.78, 5) is 13.9. The standard InChI is InChI=1S/C23H27FN2O/c1-16(27)25-22-8-7-18-5-6-20(23(18)14-22)15-26-11-9-17(10-12-26)19-3-2-4-21(24)13-19/h2-4,7-8,13-14,17,20H,5-6,9-12,15H2,1H3,(H,25,27). The number of aryl methyl sites for hydroxylation is 1. The molecule has 3 nitrogen and oxygen atoms in total. The van der Waals surface area contributed by atoms with Crippen molar-refractivity contribution in [1.29, 1.82) is 0 Å². The molecule has 2 aromatic carbocycles. The summed E-state index contributed by atoms with van der Waals surface area (Å²) in [5.74, 6) is 0.856. The van der Waals surface area contributed by atoms with Crippen molar-refractivity contribution in [3.05, 3.63) is 65.0 Å². The van der Waals surface area contributed by atoms with Crippen LogP contribution >= 0.6 is 0 Å². The molecule has 1 saturated heterocycles. The van der Waals surface area contributed by atoms with Crippen molar-refractivity contribution in [2.45, 2.75) is 44.4 Å². The van der Waals surface area contributed by atoms with Gasteiger partial charge in [-0.1, -0.05) is 18.2 Å². The van der Waals surface area contributed by atoms with Crippen LogP contribution in [-0.2, 0) is 11.2 Å². The molecule has 0 aromatic heterocycles. The zero-order valence-electron chi connectivity index (χ0n) is 15.9. The lowest BCUT2D eigenvalue weighted by Gasteiger charge is -2.34. The number of nitrogens with one attached hydrogen (secondary N) is 1. The number of carbonyl (C=O) groups excluding carboxylic acids is 1. The number of piperidine rings is 1. The van der Waals surface area contributed by atoms with Crippen molar-refractivity contribution >= 4 is 11.6 Å². The topological polar surface area (TPSA) is 32.3 Å². The van der Waals surface area contributed by atoms with Crippen molar-refractivity contribution in [1.82, 2.24) is 4.90 Å². The number of hydrogen-bond acceptors (Lipinski definition) is 2. The molecular formula is C23H27FN2O. The molecule has 4 rings (SSSR count). The van der Waals surface area contributed by atoms with E-state index in [-0.39, 0.29) is 11.7 Å². The van der Waals surface area contributed by atoms with Gasteiger partial charge < -0.3 is 10.2 Å². The van der Waals surface area contributed by atoms with E-state index < -0.39 is 0 Å². The zero-order valence-corrected chi connectivity index (χ0v) is 15.9. The number of anilines is 1. The number of nitrogens with zero attached hydrogens (tertiary/aromatic N) is 1. The molecule has 4 heteroatoms. The predicted octanol–water partition coefficient (Wildman–Crippen LogP) is 4.69. The summed E-state index contributed by atoms with van der Waals surface area (Å²) in [6.07, 6.45) is 4.49. The molecule has 1 amide bonds. The van der Waals surface area contributed by atoms with E-state index in [0.717, 1.165) is 50.1 Å². The molecule has 1 N–H and O–H groups in total. The number of likely N-dealkylation sites (tertiary alicyclic amines) is 1. The molecule has 0 spiro atoms. The van der Waals surface area contributed by atoms with E-state index in [1.807, 2.05) is 12.1 Å². The fourth-order valence-corrected chi connectivity index (χ4v) is 4.68. The van der Waals surface area contributed by atoms with E-state index in [9.17, 15) is 9.18 Å². The Bertz CT molecular complexity index is 827. The third-order valence-electron chi connectivity index (χ3n) is 6.05. The van der Waals surface area contributed by atoms with Crippen LogP contribution in [0.5, 0.6) is 0 Å². The van der Waals surface area contributed by atoms with Crippen molar-refractivity contribution in [3.63, 3.8) is 0 Å². The first-order chi connectivity index (χ1) is 13.1. The number of fused-ring (bicyclic) bond motifs is 1. The van der Waals surface area contributed by atoms with E-state index in [1.54, 1.807) is 13.0 Å². The van der Waals surface area contributed by atoms with Gasteiger partial charge in [0.05, 0.1) is 0 Å². The van der Waals surface area contributed by atoms with Gasteiger partial charge in [0.15, 0.2) is 0 Å². The average Bonchev–Trinajstić information content (AvgIpc) is 3.04. The highest BCUT2D eigenvalue weighted by Gasteiger charge is 2.27. The van der Waals surface area contributed by atoms with Gasteiger partial charge in [-0.2, -0.15) is 0 Å². The maximum absolute atomic E-state index is 13.5. The highest BCUT2D eigenvalue weighted by atomic mass is 19.1. The first-order valence-electron chi connectivity index (χ1n) is 9.97. The SMILES string of the molecule is CC(=O)Nc1ccc2c(c1)C(CN1CCC(c3cccc(F)c3)CC1)CC2. The quantitative estimate of drug-likeness (QED) is 0.851. The van der Waals surface area contributed by atoms with Crippen LogP contribution in [0.3, 0.4) is 0 Å². The zero-order chi connectivity index (χ0) is 18.8. The summed E-state index contributed by atoms with van der Waals surface area (Å²) < 4.78 is 13.5. The second kappa shape index (κ2) is 7.81. The van der Waals surface area contributed by atoms with Gasteiger partial charge in [-0.25, -0.2) is 4.39 Å². The molecule has 1 heterocycles. The van der Waals surface area contributed by atoms with E-state index in [2.05, 4.69) is 28.4 Å². The van der Waals surface area contributed by atoms with Crippen molar-refractivity contribution < 1.29 is 9.18 Å². The van der Waals surface area contributed by atoms with E-state index in [0.29, 0.717) is 11.8 Å². The minimum atomic E-state index is -0.132. The number of rotatable bonds is 4. The van der Waals surface area contributed by atoms with Crippen molar-refractivity contribution in [2.75, 3.05) is 25.0 Å². The monoisotopic (exact) mass is 366 g/mol. The summed E-state index contributed by atoms with van der Waals surface area (Å²) in [6.45, 7) is 4.76. The lowest BCUT2D eigenvalue weighted by Crippen LogP contribution is -2.35. The fourth-order valence-electron chi connectivity index (χ4n) is 4.68. The van der Waals surface area contributed by atoms with Gasteiger partial charge in [-0.15, -0.1) is 0 Å². The van der Waals surface area contributed by atoms with Crippen LogP contribution in [0.1, 0.15) is 54.7 Å². The van der Waals surface area contributed by atoms with E-state index in [4.69, 9.17) is 0 Å². The molecule has 1 unspecified atom stereocenters. The van der Waals surface area contributed by atoms with Crippen LogP contribution in [-0.4, -0.2) is 30.4 Å². The Hall–Kier alpha value is -2.20. The molecule has 0 radical (unpaired) electrons. The second-order valence-electron chi connectivity index (χ2n) is 7.96. The number of carbonyl (C=O) groups is 1. The summed E-state index contributed by atoms with van der Waals surface area (Å²) in [5, 5.41) is 2.90. The Morgan fingerprint density at radius 3 is 2.70 bits per heavy atom. The van der Waals surface area contributed by atoms with Crippen LogP contribution in [0, 0.1) is 5.82 Å². The molecule has 0 bridgehead atoms. The molecule has 1 atom stereocenters. The maximum Gasteiger partial charge on any atom is 0.221 e. The molecule has 27 heavy (non-hydrogen) atoms. The largest absolute Gasteiger partial charge is 0.326 e. The Balaban J connectivity index is 1.37. The van der Waals surface area contributed by atoms with Gasteiger partial charge in [0.1, 0.15) is 5.82 Å². The first kappa shape index (κ1) is 18.2. The summed E-state index contributed by atoms with van der Waals surface area (Å²) in [7, 11) is 0. The van der Waals surface area contributed by atoms with Crippen LogP contribution in [0.4, 0.5) is 10.1 Å². The Morgan fingerprint density at radius 1 is 1.15 bits per heavy atom. The van der Waals surface area contributed by atoms with Gasteiger partial charge in [-0.05, 0) is 91.6 Å². The van der Waals surface area contributed by atoms with E-state index in [1.165, 1.54) is 23.6 Å². The molecule has 142 valence electrons. The summed E-state index contributed by atoms with van der Waals surface area (Å²) in [6, 6.07) is 13.4. The lowest BCUT2D eigenvalue weighted by atomic mass is 9.88. The third kappa shape index (κ3) is 4.22. The molecular weight excluding hydrogens is 339 g/mol. The fraction of sp³-hybridized carbons (Fsp3) is 0.435. The average molecular weight is 366 g/mol. The van der Waals surface area contributed by atoms with Gasteiger partial charge in [0, 0.05) is 19.2 Å². The predicted molar refractivity (Wildman–Crippen MR) is 107 cm³/mol. The summed E-state index contributed by atoms with van der Waals surface area (Å²) >= 11 is 0. The van der Waals surface area contributed by atoms with Gasteiger partial charge in [0.2, 0.25) is 5.91 Å². The van der Waals surface area contributed by atoms with Crippen LogP contribution in [0.15, 0.2) is 42.5 Å². The number of benzene rings is 2. The second-order valence-corrected chi connectivity index (χ2v) is 7.96. The normalized spacial score (nSPS) is 20.4. The lowest BCUT2D eigenvalue weighted by molar-refractivity contribution is -0.114. The maximum atomic E-state index is 13.5. The van der Waals surface area contributed by atoms with Gasteiger partial charge in [0.25, 0.3) is 0 Å². The minimum absolute atomic E-state index is 0.0242. The van der Waals surface area contributed by atoms with Crippen LogP contribution in [0.25, 0.3) is 0 Å². The minimum Gasteiger partial charge on any atom is -0.326 e. The Labute approximate surface area is 160 Å². The molecule has 1 aliphatic heterocycles. The molecule has 2 aliphatic rings. The number of amides is 1. The van der Waals surface area contributed by atoms with Gasteiger partial charge in [-0.3, -0.25) is 4.79 Å². The number of halogens is 1.